The molecule has 6 nitrogen and oxygen atoms in total. The molecule has 0 unspecified atom stereocenters. The molecular weight excluding hydrogens is 220 g/mol. The molecule has 1 aromatic heterocycles. The number of aromatic amines is 1. The van der Waals surface area contributed by atoms with Crippen molar-refractivity contribution < 1.29 is 5.11 Å². The summed E-state index contributed by atoms with van der Waals surface area (Å²) >= 11 is 0. The van der Waals surface area contributed by atoms with Gasteiger partial charge in [0.05, 0.1) is 0 Å². The number of hydrogen-bond acceptors (Lipinski definition) is 5. The summed E-state index contributed by atoms with van der Waals surface area (Å²) in [6.45, 7) is 3.67. The van der Waals surface area contributed by atoms with Crippen LogP contribution in [-0.2, 0) is 6.42 Å². The summed E-state index contributed by atoms with van der Waals surface area (Å²) in [5.41, 5.74) is 0.383. The Kier molecular flexibility index (Phi) is 3.75. The van der Waals surface area contributed by atoms with Crippen LogP contribution in [0.15, 0.2) is 11.0 Å². The van der Waals surface area contributed by atoms with Crippen LogP contribution in [0.5, 0.6) is 0 Å². The molecule has 94 valence electrons. The fourth-order valence-electron chi connectivity index (χ4n) is 1.89. The molecule has 17 heavy (non-hydrogen) atoms. The molecule has 0 atom stereocenters. The average Bonchev–Trinajstić information content (AvgIpc) is 2.33. The zero-order valence-electron chi connectivity index (χ0n) is 10.0. The number of aliphatic hydroxyl groups excluding tert-OH is 1. The molecule has 2 heterocycles. The second-order valence-corrected chi connectivity index (χ2v) is 4.33. The van der Waals surface area contributed by atoms with E-state index in [0.717, 1.165) is 26.2 Å². The van der Waals surface area contributed by atoms with E-state index in [9.17, 15) is 4.79 Å². The van der Waals surface area contributed by atoms with Gasteiger partial charge in [-0.3, -0.25) is 9.78 Å². The number of aromatic nitrogens is 2. The molecule has 1 saturated heterocycles. The van der Waals surface area contributed by atoms with Gasteiger partial charge in [-0.1, -0.05) is 0 Å². The zero-order chi connectivity index (χ0) is 12.3. The van der Waals surface area contributed by atoms with Crippen LogP contribution in [0.3, 0.4) is 0 Å². The molecule has 6 heteroatoms. The summed E-state index contributed by atoms with van der Waals surface area (Å²) in [4.78, 5) is 23.0. The number of nitrogens with one attached hydrogen (secondary N) is 1. The van der Waals surface area contributed by atoms with E-state index < -0.39 is 0 Å². The first-order chi connectivity index (χ1) is 8.20. The number of H-pyrrole nitrogens is 1. The molecule has 0 radical (unpaired) electrons. The molecule has 1 aliphatic heterocycles. The number of anilines is 1. The normalized spacial score (nSPS) is 17.4. The monoisotopic (exact) mass is 238 g/mol. The summed E-state index contributed by atoms with van der Waals surface area (Å²) in [5.74, 6) is 0.629. The van der Waals surface area contributed by atoms with Gasteiger partial charge in [0.15, 0.2) is 0 Å². The van der Waals surface area contributed by atoms with Crippen molar-refractivity contribution in [3.63, 3.8) is 0 Å². The first-order valence-electron chi connectivity index (χ1n) is 5.83. The Morgan fingerprint density at radius 2 is 2.12 bits per heavy atom. The molecule has 1 fully saturated rings. The summed E-state index contributed by atoms with van der Waals surface area (Å²) in [6, 6.07) is 0. The average molecular weight is 238 g/mol. The van der Waals surface area contributed by atoms with Crippen LogP contribution in [0.2, 0.25) is 0 Å². The molecule has 0 bridgehead atoms. The molecule has 0 saturated carbocycles. The lowest BCUT2D eigenvalue weighted by atomic mass is 10.2. The Morgan fingerprint density at radius 1 is 1.41 bits per heavy atom. The molecule has 1 aromatic rings. The van der Waals surface area contributed by atoms with Gasteiger partial charge in [0, 0.05) is 51.0 Å². The first kappa shape index (κ1) is 12.1. The van der Waals surface area contributed by atoms with E-state index in [1.807, 2.05) is 0 Å². The van der Waals surface area contributed by atoms with Crippen molar-refractivity contribution in [2.45, 2.75) is 6.42 Å². The van der Waals surface area contributed by atoms with E-state index in [-0.39, 0.29) is 12.2 Å². The predicted molar refractivity (Wildman–Crippen MR) is 65.4 cm³/mol. The van der Waals surface area contributed by atoms with Crippen LogP contribution in [0, 0.1) is 0 Å². The number of nitrogens with zero attached hydrogens (tertiary/aromatic N) is 3. The molecule has 1 aliphatic rings. The van der Waals surface area contributed by atoms with Crippen molar-refractivity contribution in [2.24, 2.45) is 0 Å². The van der Waals surface area contributed by atoms with Gasteiger partial charge in [-0.2, -0.15) is 0 Å². The fourth-order valence-corrected chi connectivity index (χ4v) is 1.89. The van der Waals surface area contributed by atoms with Gasteiger partial charge < -0.3 is 14.9 Å². The van der Waals surface area contributed by atoms with Gasteiger partial charge in [0.1, 0.15) is 0 Å². The van der Waals surface area contributed by atoms with Crippen molar-refractivity contribution in [3.05, 3.63) is 22.1 Å². The van der Waals surface area contributed by atoms with Crippen LogP contribution in [0.1, 0.15) is 5.56 Å². The van der Waals surface area contributed by atoms with Crippen molar-refractivity contribution in [3.8, 4) is 0 Å². The Balaban J connectivity index is 2.12. The van der Waals surface area contributed by atoms with Crippen molar-refractivity contribution in [2.75, 3.05) is 44.7 Å². The minimum absolute atomic E-state index is 0.0292. The zero-order valence-corrected chi connectivity index (χ0v) is 10.0. The highest BCUT2D eigenvalue weighted by atomic mass is 16.3. The fraction of sp³-hybridized carbons (Fsp3) is 0.636. The maximum absolute atomic E-state index is 11.7. The quantitative estimate of drug-likeness (QED) is 0.711. The lowest BCUT2D eigenvalue weighted by Gasteiger charge is -2.32. The molecular formula is C11H18N4O2. The number of rotatable bonds is 3. The lowest BCUT2D eigenvalue weighted by Crippen LogP contribution is -2.45. The summed E-state index contributed by atoms with van der Waals surface area (Å²) in [6.07, 6.45) is 1.91. The third-order valence-corrected chi connectivity index (χ3v) is 3.04. The van der Waals surface area contributed by atoms with Crippen molar-refractivity contribution in [1.82, 2.24) is 14.9 Å². The molecule has 0 aromatic carbocycles. The van der Waals surface area contributed by atoms with Gasteiger partial charge in [-0.05, 0) is 7.05 Å². The van der Waals surface area contributed by atoms with Crippen molar-refractivity contribution >= 4 is 5.95 Å². The van der Waals surface area contributed by atoms with E-state index in [1.165, 1.54) is 0 Å². The van der Waals surface area contributed by atoms with E-state index in [0.29, 0.717) is 17.9 Å². The number of hydrogen-bond donors (Lipinski definition) is 2. The molecule has 0 spiro atoms. The third kappa shape index (κ3) is 2.83. The van der Waals surface area contributed by atoms with E-state index in [4.69, 9.17) is 5.11 Å². The Bertz CT molecular complexity index is 424. The van der Waals surface area contributed by atoms with E-state index in [1.54, 1.807) is 6.20 Å². The SMILES string of the molecule is CN1CCN(c2ncc(CCO)c(=O)[nH]2)CC1. The maximum Gasteiger partial charge on any atom is 0.255 e. The standard InChI is InChI=1S/C11H18N4O2/c1-14-3-5-15(6-4-14)11-12-8-9(2-7-16)10(17)13-11/h8,16H,2-7H2,1H3,(H,12,13,17). The molecule has 0 amide bonds. The van der Waals surface area contributed by atoms with Crippen LogP contribution in [-0.4, -0.2) is 59.8 Å². The molecule has 0 aliphatic carbocycles. The third-order valence-electron chi connectivity index (χ3n) is 3.04. The van der Waals surface area contributed by atoms with Gasteiger partial charge >= 0.3 is 0 Å². The summed E-state index contributed by atoms with van der Waals surface area (Å²) in [5, 5.41) is 8.79. The van der Waals surface area contributed by atoms with Gasteiger partial charge in [0.2, 0.25) is 5.95 Å². The van der Waals surface area contributed by atoms with Crippen LogP contribution in [0.25, 0.3) is 0 Å². The number of likely N-dealkylation sites (N-methyl/N-ethyl adjacent to an activating group) is 1. The maximum atomic E-state index is 11.7. The van der Waals surface area contributed by atoms with E-state index >= 15 is 0 Å². The Hall–Kier alpha value is -1.40. The largest absolute Gasteiger partial charge is 0.396 e. The van der Waals surface area contributed by atoms with Crippen LogP contribution < -0.4 is 10.5 Å². The lowest BCUT2D eigenvalue weighted by molar-refractivity contribution is 0.298. The summed E-state index contributed by atoms with van der Waals surface area (Å²) in [7, 11) is 2.08. The molecule has 2 N–H and O–H groups in total. The Labute approximate surface area is 99.9 Å². The molecule has 2 rings (SSSR count). The number of piperazine rings is 1. The minimum Gasteiger partial charge on any atom is -0.396 e. The van der Waals surface area contributed by atoms with Gasteiger partial charge in [0.25, 0.3) is 5.56 Å². The topological polar surface area (TPSA) is 72.5 Å². The van der Waals surface area contributed by atoms with Crippen molar-refractivity contribution in [1.29, 1.82) is 0 Å². The number of aliphatic hydroxyl groups is 1. The Morgan fingerprint density at radius 3 is 2.71 bits per heavy atom. The van der Waals surface area contributed by atoms with Gasteiger partial charge in [-0.15, -0.1) is 0 Å². The van der Waals surface area contributed by atoms with Gasteiger partial charge in [-0.25, -0.2) is 4.98 Å². The second-order valence-electron chi connectivity index (χ2n) is 4.33. The highest BCUT2D eigenvalue weighted by Crippen LogP contribution is 2.08. The van der Waals surface area contributed by atoms with Crippen LogP contribution in [0.4, 0.5) is 5.95 Å². The second kappa shape index (κ2) is 5.29. The minimum atomic E-state index is -0.150. The first-order valence-corrected chi connectivity index (χ1v) is 5.83. The highest BCUT2D eigenvalue weighted by Gasteiger charge is 2.16. The predicted octanol–water partition coefficient (Wildman–Crippen LogP) is -0.943. The summed E-state index contributed by atoms with van der Waals surface area (Å²) < 4.78 is 0. The smallest absolute Gasteiger partial charge is 0.255 e. The highest BCUT2D eigenvalue weighted by molar-refractivity contribution is 5.30. The van der Waals surface area contributed by atoms with E-state index in [2.05, 4.69) is 26.8 Å². The van der Waals surface area contributed by atoms with Crippen LogP contribution >= 0.6 is 0 Å².